The number of nitrogens with zero attached hydrogens (tertiary/aromatic N) is 1. The van der Waals surface area contributed by atoms with Gasteiger partial charge in [0.1, 0.15) is 11.8 Å². The zero-order valence-corrected chi connectivity index (χ0v) is 10.6. The minimum absolute atomic E-state index is 0.0159. The molecule has 0 bridgehead atoms. The summed E-state index contributed by atoms with van der Waals surface area (Å²) in [5.74, 6) is 0.598. The van der Waals surface area contributed by atoms with Gasteiger partial charge in [0.25, 0.3) is 0 Å². The molecule has 0 saturated heterocycles. The zero-order valence-electron chi connectivity index (χ0n) is 10.6. The lowest BCUT2D eigenvalue weighted by atomic mass is 10.2. The van der Waals surface area contributed by atoms with Crippen molar-refractivity contribution in [3.63, 3.8) is 0 Å². The van der Waals surface area contributed by atoms with Gasteiger partial charge in [-0.1, -0.05) is 18.2 Å². The van der Waals surface area contributed by atoms with E-state index < -0.39 is 0 Å². The van der Waals surface area contributed by atoms with Crippen LogP contribution in [0.5, 0.6) is 5.75 Å². The van der Waals surface area contributed by atoms with Crippen LogP contribution >= 0.6 is 0 Å². The highest BCUT2D eigenvalue weighted by atomic mass is 16.5. The number of carbonyl (C=O) groups excluding carboxylic acids is 1. The number of nitriles is 1. The summed E-state index contributed by atoms with van der Waals surface area (Å²) in [5.41, 5.74) is 0.920. The Morgan fingerprint density at radius 1 is 1.50 bits per heavy atom. The molecule has 0 aliphatic heterocycles. The van der Waals surface area contributed by atoms with Crippen molar-refractivity contribution in [2.45, 2.75) is 19.5 Å². The summed E-state index contributed by atoms with van der Waals surface area (Å²) in [7, 11) is 1.60. The summed E-state index contributed by atoms with van der Waals surface area (Å²) in [6, 6.07) is 9.09. The van der Waals surface area contributed by atoms with E-state index in [9.17, 15) is 4.79 Å². The lowest BCUT2D eigenvalue weighted by Crippen LogP contribution is -2.40. The van der Waals surface area contributed by atoms with Gasteiger partial charge in [-0.3, -0.25) is 4.79 Å². The van der Waals surface area contributed by atoms with Crippen molar-refractivity contribution in [3.05, 3.63) is 29.8 Å². The van der Waals surface area contributed by atoms with Crippen molar-refractivity contribution >= 4 is 5.91 Å². The van der Waals surface area contributed by atoms with Crippen LogP contribution in [-0.2, 0) is 11.3 Å². The minimum atomic E-state index is -0.279. The number of hydrogen-bond acceptors (Lipinski definition) is 4. The van der Waals surface area contributed by atoms with Gasteiger partial charge in [-0.15, -0.1) is 0 Å². The highest BCUT2D eigenvalue weighted by molar-refractivity contribution is 5.80. The molecule has 5 heteroatoms. The predicted molar refractivity (Wildman–Crippen MR) is 67.9 cm³/mol. The Bertz CT molecular complexity index is 440. The molecule has 1 aromatic carbocycles. The maximum atomic E-state index is 11.3. The Labute approximate surface area is 107 Å². The molecule has 1 unspecified atom stereocenters. The number of ether oxygens (including phenoxy) is 1. The molecule has 0 spiro atoms. The summed E-state index contributed by atoms with van der Waals surface area (Å²) in [5, 5.41) is 14.2. The lowest BCUT2D eigenvalue weighted by Gasteiger charge is -2.14. The smallest absolute Gasteiger partial charge is 0.236 e. The summed E-state index contributed by atoms with van der Waals surface area (Å²) in [4.78, 5) is 11.3. The molecule has 1 rings (SSSR count). The van der Waals surface area contributed by atoms with Gasteiger partial charge in [-0.25, -0.2) is 0 Å². The van der Waals surface area contributed by atoms with Gasteiger partial charge in [-0.2, -0.15) is 5.26 Å². The Morgan fingerprint density at radius 2 is 2.22 bits per heavy atom. The minimum Gasteiger partial charge on any atom is -0.478 e. The number of carbonyl (C=O) groups is 1. The molecule has 96 valence electrons. The van der Waals surface area contributed by atoms with Gasteiger partial charge in [-0.05, 0) is 13.0 Å². The summed E-state index contributed by atoms with van der Waals surface area (Å²) >= 11 is 0. The molecule has 1 atom stereocenters. The van der Waals surface area contributed by atoms with Crippen LogP contribution in [0, 0.1) is 11.3 Å². The third-order valence-corrected chi connectivity index (χ3v) is 2.50. The Hall–Kier alpha value is -2.06. The van der Waals surface area contributed by atoms with Crippen LogP contribution in [0.3, 0.4) is 0 Å². The first-order valence-corrected chi connectivity index (χ1v) is 5.71. The van der Waals surface area contributed by atoms with Crippen LogP contribution in [0.1, 0.15) is 12.5 Å². The van der Waals surface area contributed by atoms with Gasteiger partial charge in [0.2, 0.25) is 5.91 Å². The van der Waals surface area contributed by atoms with E-state index in [1.807, 2.05) is 24.3 Å². The molecule has 0 heterocycles. The van der Waals surface area contributed by atoms with Gasteiger partial charge in [0, 0.05) is 19.2 Å². The van der Waals surface area contributed by atoms with Crippen molar-refractivity contribution in [3.8, 4) is 11.8 Å². The first-order chi connectivity index (χ1) is 8.69. The number of rotatable bonds is 6. The molecule has 0 aliphatic rings. The topological polar surface area (TPSA) is 74.2 Å². The van der Waals surface area contributed by atoms with E-state index in [0.717, 1.165) is 5.56 Å². The molecule has 0 radical (unpaired) electrons. The van der Waals surface area contributed by atoms with Crippen LogP contribution in [0.25, 0.3) is 0 Å². The van der Waals surface area contributed by atoms with Gasteiger partial charge in [0.15, 0.2) is 6.61 Å². The van der Waals surface area contributed by atoms with Crippen molar-refractivity contribution in [2.24, 2.45) is 0 Å². The maximum absolute atomic E-state index is 11.3. The fourth-order valence-corrected chi connectivity index (χ4v) is 1.47. The van der Waals surface area contributed by atoms with E-state index >= 15 is 0 Å². The molecule has 5 nitrogen and oxygen atoms in total. The molecule has 18 heavy (non-hydrogen) atoms. The summed E-state index contributed by atoms with van der Waals surface area (Å²) in [6.45, 7) is 2.32. The van der Waals surface area contributed by atoms with Gasteiger partial charge >= 0.3 is 0 Å². The summed E-state index contributed by atoms with van der Waals surface area (Å²) < 4.78 is 5.30. The van der Waals surface area contributed by atoms with Crippen molar-refractivity contribution in [1.29, 1.82) is 5.26 Å². The highest BCUT2D eigenvalue weighted by Gasteiger charge is 2.11. The first kappa shape index (κ1) is 14.0. The fourth-order valence-electron chi connectivity index (χ4n) is 1.47. The Morgan fingerprint density at radius 3 is 2.89 bits per heavy atom. The van der Waals surface area contributed by atoms with Crippen LogP contribution in [0.15, 0.2) is 24.3 Å². The van der Waals surface area contributed by atoms with Gasteiger partial charge in [0.05, 0.1) is 6.04 Å². The molecule has 1 amide bonds. The molecule has 0 aliphatic carbocycles. The van der Waals surface area contributed by atoms with E-state index in [1.165, 1.54) is 0 Å². The second-order valence-corrected chi connectivity index (χ2v) is 3.77. The number of hydrogen-bond donors (Lipinski definition) is 2. The maximum Gasteiger partial charge on any atom is 0.236 e. The molecular weight excluding hydrogens is 230 g/mol. The number of benzene rings is 1. The van der Waals surface area contributed by atoms with E-state index in [2.05, 4.69) is 10.6 Å². The number of nitrogens with one attached hydrogen (secondary N) is 2. The largest absolute Gasteiger partial charge is 0.478 e. The third kappa shape index (κ3) is 4.07. The lowest BCUT2D eigenvalue weighted by molar-refractivity contribution is -0.122. The second kappa shape index (κ2) is 7.30. The molecule has 0 fully saturated rings. The Balaban J connectivity index is 2.61. The van der Waals surface area contributed by atoms with Crippen LogP contribution in [-0.4, -0.2) is 25.6 Å². The quantitative estimate of drug-likeness (QED) is 0.780. The van der Waals surface area contributed by atoms with Crippen molar-refractivity contribution < 1.29 is 9.53 Å². The van der Waals surface area contributed by atoms with E-state index in [1.54, 1.807) is 20.0 Å². The van der Waals surface area contributed by atoms with Crippen LogP contribution in [0.2, 0.25) is 0 Å². The SMILES string of the molecule is CNC(=O)C(C)NCc1ccccc1OCC#N. The average molecular weight is 247 g/mol. The fraction of sp³-hybridized carbons (Fsp3) is 0.385. The summed E-state index contributed by atoms with van der Waals surface area (Å²) in [6.07, 6.45) is 0. The number of likely N-dealkylation sites (N-methyl/N-ethyl adjacent to an activating group) is 1. The normalized spacial score (nSPS) is 11.4. The highest BCUT2D eigenvalue weighted by Crippen LogP contribution is 2.17. The van der Waals surface area contributed by atoms with Crippen LogP contribution < -0.4 is 15.4 Å². The molecule has 0 saturated carbocycles. The first-order valence-electron chi connectivity index (χ1n) is 5.71. The monoisotopic (exact) mass is 247 g/mol. The van der Waals surface area contributed by atoms with E-state index in [0.29, 0.717) is 12.3 Å². The average Bonchev–Trinajstić information content (AvgIpc) is 2.42. The van der Waals surface area contributed by atoms with E-state index in [4.69, 9.17) is 10.00 Å². The van der Waals surface area contributed by atoms with Crippen molar-refractivity contribution in [2.75, 3.05) is 13.7 Å². The standard InChI is InChI=1S/C13H17N3O2/c1-10(13(17)15-2)16-9-11-5-3-4-6-12(11)18-8-7-14/h3-6,10,16H,8-9H2,1-2H3,(H,15,17). The molecular formula is C13H17N3O2. The number of para-hydroxylation sites is 1. The molecule has 2 N–H and O–H groups in total. The van der Waals surface area contributed by atoms with Gasteiger partial charge < -0.3 is 15.4 Å². The second-order valence-electron chi connectivity index (χ2n) is 3.77. The Kier molecular flexibility index (Phi) is 5.68. The van der Waals surface area contributed by atoms with Crippen LogP contribution in [0.4, 0.5) is 0 Å². The number of amides is 1. The zero-order chi connectivity index (χ0) is 13.4. The predicted octanol–water partition coefficient (Wildman–Crippen LogP) is 0.813. The van der Waals surface area contributed by atoms with E-state index in [-0.39, 0.29) is 18.6 Å². The molecule has 0 aromatic heterocycles. The molecule has 1 aromatic rings. The van der Waals surface area contributed by atoms with Crippen molar-refractivity contribution in [1.82, 2.24) is 10.6 Å². The third-order valence-electron chi connectivity index (χ3n) is 2.50.